The van der Waals surface area contributed by atoms with Crippen LogP contribution in [0.4, 0.5) is 9.18 Å². The molecule has 1 unspecified atom stereocenters. The molecule has 27 heavy (non-hydrogen) atoms. The van der Waals surface area contributed by atoms with Gasteiger partial charge in [-0.2, -0.15) is 0 Å². The van der Waals surface area contributed by atoms with Gasteiger partial charge in [0.25, 0.3) is 0 Å². The van der Waals surface area contributed by atoms with E-state index in [0.717, 1.165) is 42.0 Å². The molecule has 1 saturated heterocycles. The first-order valence-electron chi connectivity index (χ1n) is 9.39. The number of likely N-dealkylation sites (tertiary alicyclic amines) is 1. The second kappa shape index (κ2) is 7.86. The van der Waals surface area contributed by atoms with E-state index in [4.69, 9.17) is 9.47 Å². The van der Waals surface area contributed by atoms with Crippen LogP contribution >= 0.6 is 0 Å². The molecule has 0 saturated carbocycles. The lowest BCUT2D eigenvalue weighted by Gasteiger charge is -2.27. The first kappa shape index (κ1) is 17.6. The summed E-state index contributed by atoms with van der Waals surface area (Å²) in [5.41, 5.74) is 2.08. The number of hydrogen-bond acceptors (Lipinski definition) is 3. The minimum absolute atomic E-state index is 0.0478. The number of carbonyl (C=O) groups excluding carboxylic acids is 1. The molecule has 1 atom stereocenters. The Morgan fingerprint density at radius 3 is 2.70 bits per heavy atom. The van der Waals surface area contributed by atoms with Crippen LogP contribution in [0.5, 0.6) is 11.5 Å². The van der Waals surface area contributed by atoms with Crippen molar-refractivity contribution in [2.45, 2.75) is 25.3 Å². The molecular weight excluding hydrogens is 347 g/mol. The predicted molar refractivity (Wildman–Crippen MR) is 99.6 cm³/mol. The van der Waals surface area contributed by atoms with Crippen molar-refractivity contribution in [2.75, 3.05) is 26.3 Å². The first-order valence-corrected chi connectivity index (χ1v) is 9.39. The largest absolute Gasteiger partial charge is 0.486 e. The topological polar surface area (TPSA) is 50.8 Å². The van der Waals surface area contributed by atoms with E-state index in [1.54, 1.807) is 12.1 Å². The smallest absolute Gasteiger partial charge is 0.317 e. The van der Waals surface area contributed by atoms with E-state index in [9.17, 15) is 9.18 Å². The zero-order chi connectivity index (χ0) is 18.6. The molecule has 1 fully saturated rings. The van der Waals surface area contributed by atoms with E-state index < -0.39 is 0 Å². The number of nitrogens with one attached hydrogen (secondary N) is 1. The Bertz CT molecular complexity index is 810. The van der Waals surface area contributed by atoms with Crippen LogP contribution in [0.1, 0.15) is 30.0 Å². The molecule has 0 aliphatic carbocycles. The van der Waals surface area contributed by atoms with Crippen molar-refractivity contribution in [1.82, 2.24) is 10.2 Å². The van der Waals surface area contributed by atoms with Crippen LogP contribution in [0.2, 0.25) is 0 Å². The maximum absolute atomic E-state index is 13.0. The fraction of sp³-hybridized carbons (Fsp3) is 0.381. The summed E-state index contributed by atoms with van der Waals surface area (Å²) in [7, 11) is 0. The fourth-order valence-electron chi connectivity index (χ4n) is 3.69. The lowest BCUT2D eigenvalue weighted by atomic mass is 10.0. The molecule has 0 aromatic heterocycles. The van der Waals surface area contributed by atoms with Gasteiger partial charge in [-0.25, -0.2) is 9.18 Å². The molecule has 2 aliphatic heterocycles. The number of rotatable bonds is 4. The van der Waals surface area contributed by atoms with Crippen LogP contribution < -0.4 is 14.8 Å². The van der Waals surface area contributed by atoms with Crippen molar-refractivity contribution in [3.05, 3.63) is 59.4 Å². The summed E-state index contributed by atoms with van der Waals surface area (Å²) in [4.78, 5) is 14.5. The van der Waals surface area contributed by atoms with E-state index in [2.05, 4.69) is 5.32 Å². The monoisotopic (exact) mass is 370 g/mol. The van der Waals surface area contributed by atoms with Gasteiger partial charge in [0.05, 0.1) is 6.04 Å². The number of nitrogens with zero attached hydrogens (tertiary/aromatic N) is 1. The number of urea groups is 1. The Balaban J connectivity index is 1.37. The van der Waals surface area contributed by atoms with Crippen LogP contribution in [-0.4, -0.2) is 37.2 Å². The molecule has 6 heteroatoms. The van der Waals surface area contributed by atoms with Gasteiger partial charge < -0.3 is 19.7 Å². The number of fused-ring (bicyclic) bond motifs is 1. The van der Waals surface area contributed by atoms with Crippen molar-refractivity contribution >= 4 is 6.03 Å². The van der Waals surface area contributed by atoms with Crippen LogP contribution in [0.25, 0.3) is 0 Å². The highest BCUT2D eigenvalue weighted by molar-refractivity contribution is 5.75. The lowest BCUT2D eigenvalue weighted by molar-refractivity contribution is 0.170. The van der Waals surface area contributed by atoms with Crippen molar-refractivity contribution < 1.29 is 18.7 Å². The quantitative estimate of drug-likeness (QED) is 0.893. The molecule has 142 valence electrons. The summed E-state index contributed by atoms with van der Waals surface area (Å²) in [5.74, 6) is 1.27. The van der Waals surface area contributed by atoms with Gasteiger partial charge in [-0.15, -0.1) is 0 Å². The minimum Gasteiger partial charge on any atom is -0.486 e. The average molecular weight is 370 g/mol. The number of halogens is 1. The van der Waals surface area contributed by atoms with Gasteiger partial charge in [0, 0.05) is 13.1 Å². The molecular formula is C21H23FN2O3. The van der Waals surface area contributed by atoms with Gasteiger partial charge >= 0.3 is 6.03 Å². The molecule has 0 bridgehead atoms. The second-order valence-electron chi connectivity index (χ2n) is 6.86. The standard InChI is InChI=1S/C21H23FN2O3/c22-17-6-3-15(4-7-17)9-10-23-21(25)24-11-1-2-18(24)16-5-8-19-20(14-16)27-13-12-26-19/h3-8,14,18H,1-2,9-13H2,(H,23,25). The summed E-state index contributed by atoms with van der Waals surface area (Å²) in [5, 5.41) is 2.99. The van der Waals surface area contributed by atoms with Crippen molar-refractivity contribution in [2.24, 2.45) is 0 Å². The Kier molecular flexibility index (Phi) is 5.14. The summed E-state index contributed by atoms with van der Waals surface area (Å²) < 4.78 is 24.2. The summed E-state index contributed by atoms with van der Waals surface area (Å²) in [6, 6.07) is 12.3. The van der Waals surface area contributed by atoms with E-state index >= 15 is 0 Å². The first-order chi connectivity index (χ1) is 13.2. The highest BCUT2D eigenvalue weighted by Gasteiger charge is 2.30. The van der Waals surface area contributed by atoms with E-state index in [1.807, 2.05) is 23.1 Å². The number of ether oxygens (including phenoxy) is 2. The maximum Gasteiger partial charge on any atom is 0.317 e. The summed E-state index contributed by atoms with van der Waals surface area (Å²) in [6.45, 7) is 2.38. The van der Waals surface area contributed by atoms with Crippen molar-refractivity contribution in [1.29, 1.82) is 0 Å². The third kappa shape index (κ3) is 3.99. The maximum atomic E-state index is 13.0. The van der Waals surface area contributed by atoms with E-state index in [1.165, 1.54) is 12.1 Å². The number of amides is 2. The van der Waals surface area contributed by atoms with Gasteiger partial charge in [-0.1, -0.05) is 18.2 Å². The highest BCUT2D eigenvalue weighted by Crippen LogP contribution is 2.38. The van der Waals surface area contributed by atoms with Crippen LogP contribution in [0, 0.1) is 5.82 Å². The fourth-order valence-corrected chi connectivity index (χ4v) is 3.69. The molecule has 2 heterocycles. The number of carbonyl (C=O) groups is 1. The zero-order valence-electron chi connectivity index (χ0n) is 15.1. The lowest BCUT2D eigenvalue weighted by Crippen LogP contribution is -2.40. The van der Waals surface area contributed by atoms with Crippen LogP contribution in [0.15, 0.2) is 42.5 Å². The summed E-state index contributed by atoms with van der Waals surface area (Å²) >= 11 is 0. The summed E-state index contributed by atoms with van der Waals surface area (Å²) in [6.07, 6.45) is 2.59. The Morgan fingerprint density at radius 2 is 1.89 bits per heavy atom. The van der Waals surface area contributed by atoms with E-state index in [0.29, 0.717) is 26.2 Å². The van der Waals surface area contributed by atoms with Gasteiger partial charge in [0.15, 0.2) is 11.5 Å². The van der Waals surface area contributed by atoms with Gasteiger partial charge in [-0.05, 0) is 54.7 Å². The van der Waals surface area contributed by atoms with Crippen LogP contribution in [0.3, 0.4) is 0 Å². The Morgan fingerprint density at radius 1 is 1.11 bits per heavy atom. The predicted octanol–water partition coefficient (Wildman–Crippen LogP) is 3.69. The molecule has 5 nitrogen and oxygen atoms in total. The molecule has 0 radical (unpaired) electrons. The highest BCUT2D eigenvalue weighted by atomic mass is 19.1. The SMILES string of the molecule is O=C(NCCc1ccc(F)cc1)N1CCCC1c1ccc2c(c1)OCCO2. The molecule has 0 spiro atoms. The minimum atomic E-state index is -0.248. The molecule has 2 aliphatic rings. The third-order valence-electron chi connectivity index (χ3n) is 5.07. The van der Waals surface area contributed by atoms with Gasteiger partial charge in [0.1, 0.15) is 19.0 Å². The second-order valence-corrected chi connectivity index (χ2v) is 6.86. The van der Waals surface area contributed by atoms with Crippen LogP contribution in [-0.2, 0) is 6.42 Å². The van der Waals surface area contributed by atoms with Gasteiger partial charge in [0.2, 0.25) is 0 Å². The molecule has 1 N–H and O–H groups in total. The normalized spacial score (nSPS) is 18.4. The third-order valence-corrected chi connectivity index (χ3v) is 5.07. The molecule has 2 aromatic rings. The van der Waals surface area contributed by atoms with Crippen molar-refractivity contribution in [3.8, 4) is 11.5 Å². The zero-order valence-corrected chi connectivity index (χ0v) is 15.1. The Labute approximate surface area is 158 Å². The number of benzene rings is 2. The molecule has 2 aromatic carbocycles. The molecule has 2 amide bonds. The average Bonchev–Trinajstić information content (AvgIpc) is 3.19. The number of hydrogen-bond donors (Lipinski definition) is 1. The Hall–Kier alpha value is -2.76. The van der Waals surface area contributed by atoms with Crippen molar-refractivity contribution in [3.63, 3.8) is 0 Å². The molecule has 4 rings (SSSR count). The van der Waals surface area contributed by atoms with Gasteiger partial charge in [-0.3, -0.25) is 0 Å². The van der Waals surface area contributed by atoms with E-state index in [-0.39, 0.29) is 17.9 Å².